The highest BCUT2D eigenvalue weighted by Crippen LogP contribution is 2.40. The van der Waals surface area contributed by atoms with Crippen LogP contribution in [0.4, 0.5) is 13.9 Å². The summed E-state index contributed by atoms with van der Waals surface area (Å²) in [6.07, 6.45) is 1.42. The van der Waals surface area contributed by atoms with Gasteiger partial charge in [-0.1, -0.05) is 11.3 Å². The van der Waals surface area contributed by atoms with E-state index in [0.29, 0.717) is 26.9 Å². The molecule has 34 heavy (non-hydrogen) atoms. The van der Waals surface area contributed by atoms with Crippen molar-refractivity contribution >= 4 is 39.6 Å². The van der Waals surface area contributed by atoms with Crippen LogP contribution in [0.1, 0.15) is 23.5 Å². The number of carbonyl (C=O) groups excluding carboxylic acids is 2. The molecular formula is C23H18F2N4O3S2. The monoisotopic (exact) mass is 500 g/mol. The first-order chi connectivity index (χ1) is 16.2. The second-order valence-electron chi connectivity index (χ2n) is 7.62. The number of hydrogen-bond donors (Lipinski definition) is 2. The average Bonchev–Trinajstić information content (AvgIpc) is 3.46. The van der Waals surface area contributed by atoms with E-state index in [-0.39, 0.29) is 5.13 Å². The molecule has 0 aliphatic heterocycles. The van der Waals surface area contributed by atoms with Gasteiger partial charge >= 0.3 is 0 Å². The largest absolute Gasteiger partial charge is 0.444 e. The highest BCUT2D eigenvalue weighted by Gasteiger charge is 2.31. The number of ether oxygens (including phenoxy) is 1. The predicted octanol–water partition coefficient (Wildman–Crippen LogP) is 5.48. The highest BCUT2D eigenvalue weighted by atomic mass is 32.1. The first-order valence-corrected chi connectivity index (χ1v) is 11.6. The van der Waals surface area contributed by atoms with Crippen molar-refractivity contribution in [3.8, 4) is 22.1 Å². The molecule has 0 aliphatic rings. The summed E-state index contributed by atoms with van der Waals surface area (Å²) in [5.41, 5.74) is 1.20. The van der Waals surface area contributed by atoms with Crippen molar-refractivity contribution in [3.05, 3.63) is 76.7 Å². The number of thiazole rings is 2. The Morgan fingerprint density at radius 1 is 1.00 bits per heavy atom. The topological polar surface area (TPSA) is 93.2 Å². The summed E-state index contributed by atoms with van der Waals surface area (Å²) >= 11 is 2.21. The van der Waals surface area contributed by atoms with Crippen molar-refractivity contribution in [2.75, 3.05) is 5.32 Å². The second-order valence-corrected chi connectivity index (χ2v) is 9.46. The lowest BCUT2D eigenvalue weighted by Crippen LogP contribution is -2.52. The summed E-state index contributed by atoms with van der Waals surface area (Å²) in [5, 5.41) is 5.90. The Hall–Kier alpha value is -3.70. The quantitative estimate of drug-likeness (QED) is 0.350. The molecule has 2 amide bonds. The number of nitrogens with zero attached hydrogens (tertiary/aromatic N) is 2. The van der Waals surface area contributed by atoms with E-state index in [1.54, 1.807) is 13.8 Å². The van der Waals surface area contributed by atoms with Crippen LogP contribution in [0.3, 0.4) is 0 Å². The number of halogens is 2. The van der Waals surface area contributed by atoms with Crippen LogP contribution < -0.4 is 15.4 Å². The fraction of sp³-hybridized carbons (Fsp3) is 0.130. The second kappa shape index (κ2) is 9.65. The summed E-state index contributed by atoms with van der Waals surface area (Å²) < 4.78 is 32.6. The molecule has 4 rings (SSSR count). The number of nitrogens with one attached hydrogen (secondary N) is 2. The lowest BCUT2D eigenvalue weighted by Gasteiger charge is -2.24. The number of rotatable bonds is 7. The molecule has 0 radical (unpaired) electrons. The molecule has 2 aromatic carbocycles. The van der Waals surface area contributed by atoms with Gasteiger partial charge in [0.1, 0.15) is 33.5 Å². The molecule has 174 valence electrons. The van der Waals surface area contributed by atoms with Crippen LogP contribution in [0.15, 0.2) is 60.2 Å². The van der Waals surface area contributed by atoms with Gasteiger partial charge < -0.3 is 10.1 Å². The summed E-state index contributed by atoms with van der Waals surface area (Å²) in [6, 6.07) is 11.1. The lowest BCUT2D eigenvalue weighted by atomic mass is 10.0. The molecule has 0 atom stereocenters. The summed E-state index contributed by atoms with van der Waals surface area (Å²) in [6.45, 7) is 3.12. The van der Waals surface area contributed by atoms with Gasteiger partial charge in [0.2, 0.25) is 5.06 Å². The Morgan fingerprint density at radius 2 is 1.65 bits per heavy atom. The molecule has 0 saturated heterocycles. The number of carbonyl (C=O) groups is 2. The first kappa shape index (κ1) is 23.5. The fourth-order valence-electron chi connectivity index (χ4n) is 2.81. The summed E-state index contributed by atoms with van der Waals surface area (Å²) in [7, 11) is 0. The van der Waals surface area contributed by atoms with Crippen LogP contribution in [0.25, 0.3) is 11.3 Å². The van der Waals surface area contributed by atoms with Gasteiger partial charge in [-0.15, -0.1) is 11.3 Å². The first-order valence-electron chi connectivity index (χ1n) is 9.94. The molecular weight excluding hydrogens is 482 g/mol. The predicted molar refractivity (Wildman–Crippen MR) is 126 cm³/mol. The SMILES string of the molecule is CC(C)(NC(=O)c1cncs1)C(=O)Nc1nc(-c2ccc(F)cc2)c(Oc2ccc(F)cc2)s1. The van der Waals surface area contributed by atoms with E-state index in [9.17, 15) is 18.4 Å². The number of benzene rings is 2. The third kappa shape index (κ3) is 5.43. The Bertz CT molecular complexity index is 1310. The van der Waals surface area contributed by atoms with E-state index in [1.165, 1.54) is 60.2 Å². The van der Waals surface area contributed by atoms with Crippen molar-refractivity contribution in [2.45, 2.75) is 19.4 Å². The normalized spacial score (nSPS) is 11.2. The van der Waals surface area contributed by atoms with Gasteiger partial charge in [-0.25, -0.2) is 13.8 Å². The summed E-state index contributed by atoms with van der Waals surface area (Å²) in [4.78, 5) is 34.0. The average molecular weight is 501 g/mol. The van der Waals surface area contributed by atoms with Crippen molar-refractivity contribution < 1.29 is 23.1 Å². The standard InChI is InChI=1S/C23H18F2N4O3S2/c1-23(2,29-19(30)17-11-26-12-33-17)21(31)28-22-27-18(13-3-5-14(24)6-4-13)20(34-22)32-16-9-7-15(25)8-10-16/h3-12H,1-2H3,(H,29,30)(H,27,28,31). The maximum Gasteiger partial charge on any atom is 0.263 e. The number of amides is 2. The lowest BCUT2D eigenvalue weighted by molar-refractivity contribution is -0.120. The minimum Gasteiger partial charge on any atom is -0.444 e. The molecule has 4 aromatic rings. The highest BCUT2D eigenvalue weighted by molar-refractivity contribution is 7.18. The van der Waals surface area contributed by atoms with Gasteiger partial charge in [0, 0.05) is 5.56 Å². The van der Waals surface area contributed by atoms with Crippen LogP contribution in [-0.2, 0) is 4.79 Å². The summed E-state index contributed by atoms with van der Waals surface area (Å²) in [5.74, 6) is -1.38. The molecule has 2 aromatic heterocycles. The van der Waals surface area contributed by atoms with Gasteiger partial charge in [0.05, 0.1) is 11.7 Å². The molecule has 11 heteroatoms. The van der Waals surface area contributed by atoms with E-state index in [4.69, 9.17) is 4.74 Å². The molecule has 0 fully saturated rings. The zero-order chi connectivity index (χ0) is 24.3. The zero-order valence-corrected chi connectivity index (χ0v) is 19.6. The Labute approximate surface area is 201 Å². The van der Waals surface area contributed by atoms with Gasteiger partial charge in [-0.05, 0) is 62.4 Å². The van der Waals surface area contributed by atoms with E-state index in [0.717, 1.165) is 22.7 Å². The molecule has 2 heterocycles. The van der Waals surface area contributed by atoms with E-state index in [2.05, 4.69) is 20.6 Å². The molecule has 7 nitrogen and oxygen atoms in total. The van der Waals surface area contributed by atoms with Gasteiger partial charge in [0.25, 0.3) is 11.8 Å². The Morgan fingerprint density at radius 3 is 2.26 bits per heavy atom. The van der Waals surface area contributed by atoms with Crippen molar-refractivity contribution in [3.63, 3.8) is 0 Å². The van der Waals surface area contributed by atoms with Crippen LogP contribution in [0.5, 0.6) is 10.8 Å². The molecule has 0 aliphatic carbocycles. The molecule has 0 unspecified atom stereocenters. The smallest absolute Gasteiger partial charge is 0.263 e. The third-order valence-corrected chi connectivity index (χ3v) is 6.23. The minimum absolute atomic E-state index is 0.210. The fourth-order valence-corrected chi connectivity index (χ4v) is 4.18. The molecule has 2 N–H and O–H groups in total. The zero-order valence-electron chi connectivity index (χ0n) is 18.0. The van der Waals surface area contributed by atoms with Crippen LogP contribution >= 0.6 is 22.7 Å². The van der Waals surface area contributed by atoms with E-state index >= 15 is 0 Å². The number of anilines is 1. The number of aromatic nitrogens is 2. The van der Waals surface area contributed by atoms with Crippen LogP contribution in [-0.4, -0.2) is 27.3 Å². The van der Waals surface area contributed by atoms with Crippen molar-refractivity contribution in [1.82, 2.24) is 15.3 Å². The Balaban J connectivity index is 1.58. The maximum atomic E-state index is 13.4. The van der Waals surface area contributed by atoms with E-state index in [1.807, 2.05) is 0 Å². The molecule has 0 saturated carbocycles. The van der Waals surface area contributed by atoms with Gasteiger partial charge in [-0.2, -0.15) is 0 Å². The van der Waals surface area contributed by atoms with Gasteiger partial charge in [-0.3, -0.25) is 19.9 Å². The van der Waals surface area contributed by atoms with Crippen molar-refractivity contribution in [1.29, 1.82) is 0 Å². The van der Waals surface area contributed by atoms with E-state index < -0.39 is 29.0 Å². The van der Waals surface area contributed by atoms with Crippen LogP contribution in [0, 0.1) is 11.6 Å². The Kier molecular flexibility index (Phi) is 6.66. The molecule has 0 bridgehead atoms. The maximum absolute atomic E-state index is 13.4. The van der Waals surface area contributed by atoms with Crippen molar-refractivity contribution in [2.24, 2.45) is 0 Å². The molecule has 0 spiro atoms. The van der Waals surface area contributed by atoms with Crippen LogP contribution in [0.2, 0.25) is 0 Å². The third-order valence-electron chi connectivity index (χ3n) is 4.61. The minimum atomic E-state index is -1.26. The number of hydrogen-bond acceptors (Lipinski definition) is 7. The van der Waals surface area contributed by atoms with Gasteiger partial charge in [0.15, 0.2) is 5.13 Å².